The van der Waals surface area contributed by atoms with Crippen LogP contribution in [-0.4, -0.2) is 23.2 Å². The molecule has 2 fully saturated rings. The molecule has 3 aromatic rings. The van der Waals surface area contributed by atoms with Crippen molar-refractivity contribution in [1.82, 2.24) is 10.3 Å². The van der Waals surface area contributed by atoms with Gasteiger partial charge in [-0.3, -0.25) is 9.59 Å². The summed E-state index contributed by atoms with van der Waals surface area (Å²) in [5, 5.41) is 3.73. The normalized spacial score (nSPS) is 23.2. The Morgan fingerprint density at radius 1 is 0.964 bits per heavy atom. The number of rotatable bonds is 5. The highest BCUT2D eigenvalue weighted by molar-refractivity contribution is 6.46. The first-order valence-corrected chi connectivity index (χ1v) is 10.2. The molecule has 2 N–H and O–H groups in total. The summed E-state index contributed by atoms with van der Waals surface area (Å²) in [7, 11) is 0. The van der Waals surface area contributed by atoms with Gasteiger partial charge < -0.3 is 10.3 Å². The molecule has 2 bridgehead atoms. The largest absolute Gasteiger partial charge is 0.354 e. The molecule has 142 valence electrons. The number of aromatic nitrogens is 1. The smallest absolute Gasteiger partial charge is 0.292 e. The van der Waals surface area contributed by atoms with Crippen LogP contribution in [0.3, 0.4) is 0 Å². The van der Waals surface area contributed by atoms with Crippen LogP contribution in [-0.2, 0) is 4.79 Å². The molecule has 0 spiro atoms. The molecule has 4 heteroatoms. The monoisotopic (exact) mass is 372 g/mol. The summed E-state index contributed by atoms with van der Waals surface area (Å²) in [4.78, 5) is 29.2. The van der Waals surface area contributed by atoms with Crippen LogP contribution in [0.5, 0.6) is 0 Å². The van der Waals surface area contributed by atoms with E-state index in [4.69, 9.17) is 0 Å². The third kappa shape index (κ3) is 2.93. The van der Waals surface area contributed by atoms with Gasteiger partial charge in [0.1, 0.15) is 0 Å². The number of benzene rings is 2. The first kappa shape index (κ1) is 17.2. The number of aromatic amines is 1. The summed E-state index contributed by atoms with van der Waals surface area (Å²) in [5.74, 6) is 1.14. The molecule has 1 aromatic heterocycles. The maximum atomic E-state index is 13.1. The quantitative estimate of drug-likeness (QED) is 0.509. The number of carbonyl (C=O) groups excluding carboxylic acids is 2. The Morgan fingerprint density at radius 3 is 2.50 bits per heavy atom. The molecule has 2 aliphatic carbocycles. The third-order valence-corrected chi connectivity index (χ3v) is 6.61. The van der Waals surface area contributed by atoms with Crippen LogP contribution in [0.15, 0.2) is 54.6 Å². The average molecular weight is 372 g/mol. The Balaban J connectivity index is 1.42. The molecule has 0 saturated heterocycles. The van der Waals surface area contributed by atoms with E-state index in [1.54, 1.807) is 0 Å². The van der Waals surface area contributed by atoms with Crippen LogP contribution in [0.1, 0.15) is 36.0 Å². The number of H-pyrrole nitrogens is 1. The number of amides is 1. The van der Waals surface area contributed by atoms with Crippen molar-refractivity contribution in [2.24, 2.45) is 17.8 Å². The van der Waals surface area contributed by atoms with E-state index < -0.39 is 11.7 Å². The maximum absolute atomic E-state index is 13.1. The zero-order chi connectivity index (χ0) is 19.1. The third-order valence-electron chi connectivity index (χ3n) is 6.61. The zero-order valence-corrected chi connectivity index (χ0v) is 15.8. The maximum Gasteiger partial charge on any atom is 0.292 e. The summed E-state index contributed by atoms with van der Waals surface area (Å²) < 4.78 is 0. The van der Waals surface area contributed by atoms with E-state index in [0.29, 0.717) is 23.7 Å². The first-order valence-electron chi connectivity index (χ1n) is 10.2. The highest BCUT2D eigenvalue weighted by atomic mass is 16.2. The molecule has 2 saturated carbocycles. The number of Topliss-reactive ketones (excluding diaryl/α,β-unsaturated/α-hetero) is 1. The second-order valence-electron chi connectivity index (χ2n) is 8.26. The Morgan fingerprint density at radius 2 is 1.75 bits per heavy atom. The van der Waals surface area contributed by atoms with Gasteiger partial charge >= 0.3 is 0 Å². The Labute approximate surface area is 164 Å². The van der Waals surface area contributed by atoms with Crippen LogP contribution >= 0.6 is 0 Å². The van der Waals surface area contributed by atoms with E-state index >= 15 is 0 Å². The minimum Gasteiger partial charge on any atom is -0.354 e. The Bertz CT molecular complexity index is 1040. The highest BCUT2D eigenvalue weighted by Gasteiger charge is 2.39. The van der Waals surface area contributed by atoms with E-state index in [2.05, 4.69) is 10.3 Å². The summed E-state index contributed by atoms with van der Waals surface area (Å²) in [6, 6.07) is 17.4. The lowest BCUT2D eigenvalue weighted by molar-refractivity contribution is -0.117. The summed E-state index contributed by atoms with van der Waals surface area (Å²) >= 11 is 0. The second-order valence-corrected chi connectivity index (χ2v) is 8.26. The molecule has 0 radical (unpaired) electrons. The molecule has 0 unspecified atom stereocenters. The van der Waals surface area contributed by atoms with Gasteiger partial charge in [-0.05, 0) is 48.6 Å². The van der Waals surface area contributed by atoms with Crippen molar-refractivity contribution >= 4 is 22.6 Å². The SMILES string of the molecule is O=C(NC[C@@H]1C[C@@H]2CC[C@@H]1C2)C(=O)c1c(-c2ccccc2)[nH]c2ccccc12. The van der Waals surface area contributed by atoms with Crippen molar-refractivity contribution in [3.8, 4) is 11.3 Å². The summed E-state index contributed by atoms with van der Waals surface area (Å²) in [6.45, 7) is 0.620. The first-order chi connectivity index (χ1) is 13.7. The topological polar surface area (TPSA) is 62.0 Å². The van der Waals surface area contributed by atoms with Crippen molar-refractivity contribution in [2.75, 3.05) is 6.54 Å². The van der Waals surface area contributed by atoms with E-state index in [1.165, 1.54) is 25.7 Å². The number of ketones is 1. The second kappa shape index (κ2) is 6.93. The lowest BCUT2D eigenvalue weighted by Crippen LogP contribution is -2.36. The number of hydrogen-bond acceptors (Lipinski definition) is 2. The molecule has 2 aliphatic rings. The van der Waals surface area contributed by atoms with Crippen molar-refractivity contribution in [3.05, 3.63) is 60.2 Å². The molecule has 2 aromatic carbocycles. The van der Waals surface area contributed by atoms with Gasteiger partial charge in [0, 0.05) is 17.4 Å². The van der Waals surface area contributed by atoms with E-state index in [-0.39, 0.29) is 0 Å². The van der Waals surface area contributed by atoms with Crippen LogP contribution in [0.4, 0.5) is 0 Å². The summed E-state index contributed by atoms with van der Waals surface area (Å²) in [5.41, 5.74) is 2.95. The van der Waals surface area contributed by atoms with Crippen molar-refractivity contribution < 1.29 is 9.59 Å². The Kier molecular flexibility index (Phi) is 4.27. The van der Waals surface area contributed by atoms with Crippen LogP contribution in [0, 0.1) is 17.8 Å². The predicted octanol–water partition coefficient (Wildman–Crippen LogP) is 4.57. The zero-order valence-electron chi connectivity index (χ0n) is 15.8. The van der Waals surface area contributed by atoms with Crippen molar-refractivity contribution in [3.63, 3.8) is 0 Å². The van der Waals surface area contributed by atoms with Gasteiger partial charge in [0.05, 0.1) is 11.3 Å². The van der Waals surface area contributed by atoms with Gasteiger partial charge in [-0.2, -0.15) is 0 Å². The highest BCUT2D eigenvalue weighted by Crippen LogP contribution is 2.47. The van der Waals surface area contributed by atoms with E-state index in [9.17, 15) is 9.59 Å². The molecular weight excluding hydrogens is 348 g/mol. The fourth-order valence-corrected chi connectivity index (χ4v) is 5.24. The number of nitrogens with one attached hydrogen (secondary N) is 2. The lowest BCUT2D eigenvalue weighted by atomic mass is 9.89. The van der Waals surface area contributed by atoms with Gasteiger partial charge in [-0.1, -0.05) is 55.0 Å². The molecule has 5 rings (SSSR count). The standard InChI is InChI=1S/C24H24N2O2/c27-23(24(28)25-14-18-13-15-10-11-17(18)12-15)21-19-8-4-5-9-20(19)26-22(21)16-6-2-1-3-7-16/h1-9,15,17-18,26H,10-14H2,(H,25,28)/t15-,17-,18+/m1/s1. The van der Waals surface area contributed by atoms with Crippen LogP contribution in [0.2, 0.25) is 0 Å². The predicted molar refractivity (Wildman–Crippen MR) is 110 cm³/mol. The number of hydrogen-bond donors (Lipinski definition) is 2. The van der Waals surface area contributed by atoms with Crippen molar-refractivity contribution in [1.29, 1.82) is 0 Å². The molecule has 0 aliphatic heterocycles. The molecule has 1 heterocycles. The van der Waals surface area contributed by atoms with Gasteiger partial charge in [-0.25, -0.2) is 0 Å². The molecule has 1 amide bonds. The number of para-hydroxylation sites is 1. The molecule has 3 atom stereocenters. The van der Waals surface area contributed by atoms with E-state index in [0.717, 1.165) is 28.3 Å². The lowest BCUT2D eigenvalue weighted by Gasteiger charge is -2.21. The fraction of sp³-hybridized carbons (Fsp3) is 0.333. The average Bonchev–Trinajstić information content (AvgIpc) is 3.45. The summed E-state index contributed by atoms with van der Waals surface area (Å²) in [6.07, 6.45) is 5.11. The minimum absolute atomic E-state index is 0.459. The minimum atomic E-state index is -0.496. The van der Waals surface area contributed by atoms with Gasteiger partial charge in [0.15, 0.2) is 0 Å². The van der Waals surface area contributed by atoms with Crippen LogP contribution in [0.25, 0.3) is 22.2 Å². The van der Waals surface area contributed by atoms with Gasteiger partial charge in [0.2, 0.25) is 0 Å². The van der Waals surface area contributed by atoms with Gasteiger partial charge in [0.25, 0.3) is 11.7 Å². The van der Waals surface area contributed by atoms with Crippen LogP contribution < -0.4 is 5.32 Å². The van der Waals surface area contributed by atoms with E-state index in [1.807, 2.05) is 54.6 Å². The molecular formula is C24H24N2O2. The Hall–Kier alpha value is -2.88. The molecule has 4 nitrogen and oxygen atoms in total. The van der Waals surface area contributed by atoms with Gasteiger partial charge in [-0.15, -0.1) is 0 Å². The number of fused-ring (bicyclic) bond motifs is 3. The molecule has 28 heavy (non-hydrogen) atoms. The van der Waals surface area contributed by atoms with Crippen molar-refractivity contribution in [2.45, 2.75) is 25.7 Å². The fourth-order valence-electron chi connectivity index (χ4n) is 5.24. The number of carbonyl (C=O) groups is 2.